The Morgan fingerprint density at radius 2 is 2.38 bits per heavy atom. The fourth-order valence-corrected chi connectivity index (χ4v) is 2.68. The summed E-state index contributed by atoms with van der Waals surface area (Å²) in [6, 6.07) is 8.77. The van der Waals surface area contributed by atoms with Crippen molar-refractivity contribution in [1.29, 1.82) is 0 Å². The van der Waals surface area contributed by atoms with Gasteiger partial charge in [0.15, 0.2) is 0 Å². The topological polar surface area (TPSA) is 76.9 Å². The lowest BCUT2D eigenvalue weighted by molar-refractivity contribution is 0.314. The molecule has 7 heteroatoms. The van der Waals surface area contributed by atoms with E-state index in [2.05, 4.69) is 56.5 Å². The quantitative estimate of drug-likeness (QED) is 0.566. The molecule has 24 heavy (non-hydrogen) atoms. The highest BCUT2D eigenvalue weighted by Crippen LogP contribution is 2.16. The number of ether oxygens (including phenoxy) is 1. The van der Waals surface area contributed by atoms with Gasteiger partial charge in [-0.1, -0.05) is 29.4 Å². The molecule has 2 N–H and O–H groups in total. The van der Waals surface area contributed by atoms with Gasteiger partial charge in [0.2, 0.25) is 5.95 Å². The van der Waals surface area contributed by atoms with E-state index in [-0.39, 0.29) is 0 Å². The van der Waals surface area contributed by atoms with Gasteiger partial charge in [-0.15, -0.1) is 0 Å². The molecule has 1 aliphatic heterocycles. The smallest absolute Gasteiger partial charge is 0.242 e. The molecule has 1 aromatic carbocycles. The van der Waals surface area contributed by atoms with Crippen LogP contribution in [0.15, 0.2) is 36.4 Å². The number of hydrogen-bond donors (Lipinski definition) is 2. The number of anilines is 1. The summed E-state index contributed by atoms with van der Waals surface area (Å²) in [6.45, 7) is 2.49. The predicted molar refractivity (Wildman–Crippen MR) is 93.1 cm³/mol. The molecule has 0 spiro atoms. The summed E-state index contributed by atoms with van der Waals surface area (Å²) < 4.78 is 7.46. The van der Waals surface area contributed by atoms with Crippen LogP contribution in [-0.4, -0.2) is 45.9 Å². The molecule has 0 saturated heterocycles. The van der Waals surface area contributed by atoms with Gasteiger partial charge < -0.3 is 15.4 Å². The average molecular weight is 328 g/mol. The number of hydrogen-bond acceptors (Lipinski definition) is 6. The minimum atomic E-state index is 0.429. The van der Waals surface area contributed by atoms with Crippen molar-refractivity contribution in [3.8, 4) is 5.75 Å². The highest BCUT2D eigenvalue weighted by molar-refractivity contribution is 5.29. The molecule has 0 aliphatic carbocycles. The van der Waals surface area contributed by atoms with Crippen molar-refractivity contribution in [3.05, 3.63) is 42.0 Å². The average Bonchev–Trinajstić information content (AvgIpc) is 3.01. The van der Waals surface area contributed by atoms with Crippen LogP contribution in [0.3, 0.4) is 0 Å². The standard InChI is InChI=1S/C17H24N6O/c1-23-17(20-21-22-23)19-10-5-11-24-16-8-4-6-14(13-16)12-15-7-2-3-9-18-15/h2,4,6-8,13,15,18H,3,5,9-12H2,1H3,(H,19,20,22). The fourth-order valence-electron chi connectivity index (χ4n) is 2.68. The zero-order valence-electron chi connectivity index (χ0n) is 14.0. The number of aromatic nitrogens is 4. The minimum absolute atomic E-state index is 0.429. The molecule has 1 atom stereocenters. The molecule has 7 nitrogen and oxygen atoms in total. The van der Waals surface area contributed by atoms with Crippen LogP contribution in [0.2, 0.25) is 0 Å². The third-order valence-corrected chi connectivity index (χ3v) is 3.93. The van der Waals surface area contributed by atoms with Crippen molar-refractivity contribution in [2.24, 2.45) is 7.05 Å². The van der Waals surface area contributed by atoms with E-state index in [1.807, 2.05) is 6.07 Å². The van der Waals surface area contributed by atoms with Gasteiger partial charge in [-0.05, 0) is 53.9 Å². The van der Waals surface area contributed by atoms with E-state index in [4.69, 9.17) is 4.74 Å². The molecule has 0 radical (unpaired) electrons. The predicted octanol–water partition coefficient (Wildman–Crippen LogP) is 1.55. The van der Waals surface area contributed by atoms with Crippen molar-refractivity contribution in [2.45, 2.75) is 25.3 Å². The largest absolute Gasteiger partial charge is 0.494 e. The highest BCUT2D eigenvalue weighted by Gasteiger charge is 2.08. The number of aryl methyl sites for hydroxylation is 1. The summed E-state index contributed by atoms with van der Waals surface area (Å²) in [5.74, 6) is 1.60. The molecule has 0 amide bonds. The Labute approximate surface area is 142 Å². The second kappa shape index (κ2) is 8.44. The first-order valence-corrected chi connectivity index (χ1v) is 8.39. The number of rotatable bonds is 8. The van der Waals surface area contributed by atoms with E-state index < -0.39 is 0 Å². The Morgan fingerprint density at radius 1 is 1.42 bits per heavy atom. The summed E-state index contributed by atoms with van der Waals surface area (Å²) in [7, 11) is 1.81. The normalized spacial score (nSPS) is 17.0. The van der Waals surface area contributed by atoms with Crippen molar-refractivity contribution in [2.75, 3.05) is 25.0 Å². The van der Waals surface area contributed by atoms with Gasteiger partial charge in [0.05, 0.1) is 6.61 Å². The summed E-state index contributed by atoms with van der Waals surface area (Å²) in [6.07, 6.45) is 7.50. The van der Waals surface area contributed by atoms with E-state index >= 15 is 0 Å². The van der Waals surface area contributed by atoms with Crippen LogP contribution in [0.25, 0.3) is 0 Å². The van der Waals surface area contributed by atoms with Crippen molar-refractivity contribution < 1.29 is 4.74 Å². The molecule has 0 fully saturated rings. The first-order valence-electron chi connectivity index (χ1n) is 8.39. The van der Waals surface area contributed by atoms with Gasteiger partial charge in [0.25, 0.3) is 0 Å². The third-order valence-electron chi connectivity index (χ3n) is 3.93. The first kappa shape index (κ1) is 16.4. The summed E-state index contributed by atoms with van der Waals surface area (Å²) in [4.78, 5) is 0. The second-order valence-electron chi connectivity index (χ2n) is 5.88. The molecule has 1 unspecified atom stereocenters. The van der Waals surface area contributed by atoms with Crippen LogP contribution in [-0.2, 0) is 13.5 Å². The van der Waals surface area contributed by atoms with Crippen molar-refractivity contribution in [1.82, 2.24) is 25.5 Å². The van der Waals surface area contributed by atoms with Crippen LogP contribution >= 0.6 is 0 Å². The van der Waals surface area contributed by atoms with Gasteiger partial charge in [-0.2, -0.15) is 0 Å². The molecular weight excluding hydrogens is 304 g/mol. The van der Waals surface area contributed by atoms with Crippen LogP contribution in [0.5, 0.6) is 5.75 Å². The third kappa shape index (κ3) is 4.79. The molecule has 128 valence electrons. The zero-order chi connectivity index (χ0) is 16.6. The monoisotopic (exact) mass is 328 g/mol. The summed E-state index contributed by atoms with van der Waals surface area (Å²) in [5.41, 5.74) is 1.29. The van der Waals surface area contributed by atoms with Gasteiger partial charge in [-0.25, -0.2) is 4.68 Å². The summed E-state index contributed by atoms with van der Waals surface area (Å²) >= 11 is 0. The highest BCUT2D eigenvalue weighted by atomic mass is 16.5. The minimum Gasteiger partial charge on any atom is -0.494 e. The molecule has 1 aliphatic rings. The maximum absolute atomic E-state index is 5.85. The lowest BCUT2D eigenvalue weighted by Crippen LogP contribution is -2.32. The first-order chi connectivity index (χ1) is 11.8. The maximum atomic E-state index is 5.85. The van der Waals surface area contributed by atoms with Crippen molar-refractivity contribution in [3.63, 3.8) is 0 Å². The number of nitrogens with zero attached hydrogens (tertiary/aromatic N) is 4. The van der Waals surface area contributed by atoms with E-state index in [0.717, 1.165) is 38.1 Å². The maximum Gasteiger partial charge on any atom is 0.242 e. The Kier molecular flexibility index (Phi) is 5.79. The SMILES string of the molecule is Cn1nnnc1NCCCOc1cccc(CC2C=CCCN2)c1. The van der Waals surface area contributed by atoms with Gasteiger partial charge in [0.1, 0.15) is 5.75 Å². The van der Waals surface area contributed by atoms with Crippen LogP contribution < -0.4 is 15.4 Å². The number of benzene rings is 1. The second-order valence-corrected chi connectivity index (χ2v) is 5.88. The Bertz CT molecular complexity index is 669. The van der Waals surface area contributed by atoms with Crippen molar-refractivity contribution >= 4 is 5.95 Å². The van der Waals surface area contributed by atoms with Gasteiger partial charge in [0, 0.05) is 19.6 Å². The lowest BCUT2D eigenvalue weighted by atomic mass is 10.0. The Hall–Kier alpha value is -2.41. The molecule has 2 heterocycles. The molecule has 0 bridgehead atoms. The van der Waals surface area contributed by atoms with Crippen LogP contribution in [0, 0.1) is 0 Å². The summed E-state index contributed by atoms with van der Waals surface area (Å²) in [5, 5.41) is 17.9. The van der Waals surface area contributed by atoms with E-state index in [9.17, 15) is 0 Å². The number of nitrogens with one attached hydrogen (secondary N) is 2. The number of tetrazole rings is 1. The molecular formula is C17H24N6O. The van der Waals surface area contributed by atoms with Crippen LogP contribution in [0.4, 0.5) is 5.95 Å². The van der Waals surface area contributed by atoms with Gasteiger partial charge >= 0.3 is 0 Å². The van der Waals surface area contributed by atoms with Gasteiger partial charge in [-0.3, -0.25) is 0 Å². The molecule has 3 rings (SSSR count). The van der Waals surface area contributed by atoms with E-state index in [0.29, 0.717) is 18.6 Å². The Morgan fingerprint density at radius 3 is 3.17 bits per heavy atom. The lowest BCUT2D eigenvalue weighted by Gasteiger charge is -2.18. The van der Waals surface area contributed by atoms with Crippen LogP contribution in [0.1, 0.15) is 18.4 Å². The zero-order valence-corrected chi connectivity index (χ0v) is 14.0. The Balaban J connectivity index is 1.40. The van der Waals surface area contributed by atoms with E-state index in [1.54, 1.807) is 11.7 Å². The molecule has 1 aromatic heterocycles. The van der Waals surface area contributed by atoms with E-state index in [1.165, 1.54) is 5.56 Å². The molecule has 2 aromatic rings. The molecule has 0 saturated carbocycles. The fraction of sp³-hybridized carbons (Fsp3) is 0.471.